The monoisotopic (exact) mass is 175 g/mol. The van der Waals surface area contributed by atoms with E-state index >= 15 is 0 Å². The van der Waals surface area contributed by atoms with Gasteiger partial charge in [-0.1, -0.05) is 0 Å². The molecule has 0 aromatic rings. The molecule has 0 radical (unpaired) electrons. The van der Waals surface area contributed by atoms with Crippen LogP contribution in [-0.2, 0) is 4.79 Å². The molecular weight excluding hydrogens is 158 g/mol. The number of rotatable bonds is 5. The summed E-state index contributed by atoms with van der Waals surface area (Å²) < 4.78 is 0. The summed E-state index contributed by atoms with van der Waals surface area (Å²) in [7, 11) is 3.24. The lowest BCUT2D eigenvalue weighted by Gasteiger charge is -2.17. The van der Waals surface area contributed by atoms with Gasteiger partial charge in [0, 0.05) is 7.05 Å². The van der Waals surface area contributed by atoms with Crippen molar-refractivity contribution in [1.82, 2.24) is 16.2 Å². The molecule has 0 aliphatic heterocycles. The van der Waals surface area contributed by atoms with E-state index in [1.807, 2.05) is 0 Å². The van der Waals surface area contributed by atoms with Gasteiger partial charge in [0.1, 0.15) is 6.04 Å². The van der Waals surface area contributed by atoms with Crippen molar-refractivity contribution in [3.63, 3.8) is 0 Å². The Labute approximate surface area is 72.5 Å². The van der Waals surface area contributed by atoms with E-state index in [1.165, 1.54) is 0 Å². The van der Waals surface area contributed by atoms with Crippen LogP contribution in [-0.4, -0.2) is 37.3 Å². The summed E-state index contributed by atoms with van der Waals surface area (Å²) in [6, 6.07) is -0.389. The van der Waals surface area contributed by atoms with Gasteiger partial charge in [-0.05, 0) is 20.4 Å². The Morgan fingerprint density at radius 2 is 2.08 bits per heavy atom. The van der Waals surface area contributed by atoms with Crippen LogP contribution in [0.25, 0.3) is 0 Å². The summed E-state index contributed by atoms with van der Waals surface area (Å²) >= 11 is 0. The first kappa shape index (κ1) is 11.4. The van der Waals surface area contributed by atoms with E-state index < -0.39 is 6.10 Å². The SMILES string of the molecule is CNN[C@@H](CC(C)O)C(=O)NC. The van der Waals surface area contributed by atoms with Crippen LogP contribution in [0.4, 0.5) is 0 Å². The van der Waals surface area contributed by atoms with Crippen molar-refractivity contribution in [3.05, 3.63) is 0 Å². The highest BCUT2D eigenvalue weighted by Crippen LogP contribution is 1.96. The van der Waals surface area contributed by atoms with Crippen molar-refractivity contribution in [2.24, 2.45) is 0 Å². The number of amides is 1. The normalized spacial score (nSPS) is 15.3. The van der Waals surface area contributed by atoms with Gasteiger partial charge < -0.3 is 10.4 Å². The Morgan fingerprint density at radius 3 is 2.42 bits per heavy atom. The summed E-state index contributed by atoms with van der Waals surface area (Å²) in [5.74, 6) is -0.134. The predicted octanol–water partition coefficient (Wildman–Crippen LogP) is -1.40. The van der Waals surface area contributed by atoms with E-state index in [4.69, 9.17) is 5.11 Å². The third-order valence-electron chi connectivity index (χ3n) is 1.46. The number of aliphatic hydroxyl groups is 1. The Kier molecular flexibility index (Phi) is 5.61. The molecular formula is C7H17N3O2. The van der Waals surface area contributed by atoms with Crippen molar-refractivity contribution >= 4 is 5.91 Å². The maximum absolute atomic E-state index is 11.1. The molecule has 0 saturated carbocycles. The maximum Gasteiger partial charge on any atom is 0.238 e. The van der Waals surface area contributed by atoms with Gasteiger partial charge >= 0.3 is 0 Å². The standard InChI is InChI=1S/C7H17N3O2/c1-5(11)4-6(10-9-3)7(12)8-2/h5-6,9-11H,4H2,1-3H3,(H,8,12)/t5?,6-/m0/s1. The van der Waals surface area contributed by atoms with Gasteiger partial charge in [0.15, 0.2) is 0 Å². The first-order chi connectivity index (χ1) is 5.61. The molecule has 0 fully saturated rings. The first-order valence-corrected chi connectivity index (χ1v) is 3.93. The van der Waals surface area contributed by atoms with Gasteiger partial charge in [0.05, 0.1) is 6.10 Å². The van der Waals surface area contributed by atoms with Gasteiger partial charge in [-0.2, -0.15) is 0 Å². The number of carbonyl (C=O) groups is 1. The molecule has 0 aliphatic rings. The Hall–Kier alpha value is -0.650. The molecule has 2 atom stereocenters. The lowest BCUT2D eigenvalue weighted by molar-refractivity contribution is -0.123. The Morgan fingerprint density at radius 1 is 1.50 bits per heavy atom. The second-order valence-corrected chi connectivity index (χ2v) is 2.65. The van der Waals surface area contributed by atoms with Gasteiger partial charge in [-0.3, -0.25) is 10.2 Å². The van der Waals surface area contributed by atoms with Gasteiger partial charge in [-0.15, -0.1) is 0 Å². The van der Waals surface area contributed by atoms with Crippen LogP contribution in [0, 0.1) is 0 Å². The number of carbonyl (C=O) groups excluding carboxylic acids is 1. The average molecular weight is 175 g/mol. The van der Waals surface area contributed by atoms with Crippen molar-refractivity contribution in [3.8, 4) is 0 Å². The van der Waals surface area contributed by atoms with Crippen LogP contribution in [0.5, 0.6) is 0 Å². The molecule has 72 valence electrons. The summed E-state index contributed by atoms with van der Waals surface area (Å²) in [5, 5.41) is 11.5. The highest BCUT2D eigenvalue weighted by molar-refractivity contribution is 5.81. The zero-order chi connectivity index (χ0) is 9.56. The van der Waals surface area contributed by atoms with Crippen molar-refractivity contribution in [2.45, 2.75) is 25.5 Å². The van der Waals surface area contributed by atoms with Crippen LogP contribution in [0.2, 0.25) is 0 Å². The molecule has 5 nitrogen and oxygen atoms in total. The fourth-order valence-corrected chi connectivity index (χ4v) is 0.921. The summed E-state index contributed by atoms with van der Waals surface area (Å²) in [5.41, 5.74) is 5.41. The lowest BCUT2D eigenvalue weighted by atomic mass is 10.1. The lowest BCUT2D eigenvalue weighted by Crippen LogP contribution is -2.49. The molecule has 0 heterocycles. The molecule has 0 aromatic carbocycles. The van der Waals surface area contributed by atoms with Crippen LogP contribution in [0.1, 0.15) is 13.3 Å². The van der Waals surface area contributed by atoms with E-state index in [1.54, 1.807) is 21.0 Å². The molecule has 0 bridgehead atoms. The highest BCUT2D eigenvalue weighted by atomic mass is 16.3. The quantitative estimate of drug-likeness (QED) is 0.388. The molecule has 1 amide bonds. The molecule has 0 rings (SSSR count). The fraction of sp³-hybridized carbons (Fsp3) is 0.857. The zero-order valence-electron chi connectivity index (χ0n) is 7.72. The molecule has 0 saturated heterocycles. The first-order valence-electron chi connectivity index (χ1n) is 3.93. The van der Waals surface area contributed by atoms with Crippen molar-refractivity contribution in [1.29, 1.82) is 0 Å². The molecule has 5 heteroatoms. The van der Waals surface area contributed by atoms with E-state index in [2.05, 4.69) is 16.2 Å². The summed E-state index contributed by atoms with van der Waals surface area (Å²) in [4.78, 5) is 11.1. The minimum atomic E-state index is -0.492. The molecule has 0 spiro atoms. The number of aliphatic hydroxyl groups excluding tert-OH is 1. The van der Waals surface area contributed by atoms with Gasteiger partial charge in [0.2, 0.25) is 5.91 Å². The van der Waals surface area contributed by atoms with Gasteiger partial charge in [0.25, 0.3) is 0 Å². The van der Waals surface area contributed by atoms with Crippen molar-refractivity contribution < 1.29 is 9.90 Å². The second kappa shape index (κ2) is 5.93. The van der Waals surface area contributed by atoms with E-state index in [9.17, 15) is 4.79 Å². The Balaban J connectivity index is 3.94. The van der Waals surface area contributed by atoms with E-state index in [-0.39, 0.29) is 11.9 Å². The van der Waals surface area contributed by atoms with Crippen LogP contribution in [0.15, 0.2) is 0 Å². The van der Waals surface area contributed by atoms with Crippen LogP contribution < -0.4 is 16.2 Å². The number of hydrazine groups is 1. The number of likely N-dealkylation sites (N-methyl/N-ethyl adjacent to an activating group) is 1. The predicted molar refractivity (Wildman–Crippen MR) is 46.3 cm³/mol. The van der Waals surface area contributed by atoms with Crippen molar-refractivity contribution in [2.75, 3.05) is 14.1 Å². The minimum Gasteiger partial charge on any atom is -0.393 e. The van der Waals surface area contributed by atoms with E-state index in [0.717, 1.165) is 0 Å². The largest absolute Gasteiger partial charge is 0.393 e. The summed E-state index contributed by atoms with van der Waals surface area (Å²) in [6.07, 6.45) is -0.103. The number of hydrogen-bond donors (Lipinski definition) is 4. The maximum atomic E-state index is 11.1. The van der Waals surface area contributed by atoms with E-state index in [0.29, 0.717) is 6.42 Å². The molecule has 1 unspecified atom stereocenters. The number of hydrogen-bond acceptors (Lipinski definition) is 4. The smallest absolute Gasteiger partial charge is 0.238 e. The third kappa shape index (κ3) is 4.27. The molecule has 4 N–H and O–H groups in total. The van der Waals surface area contributed by atoms with Crippen LogP contribution >= 0.6 is 0 Å². The molecule has 0 aliphatic carbocycles. The number of nitrogens with one attached hydrogen (secondary N) is 3. The minimum absolute atomic E-state index is 0.134. The van der Waals surface area contributed by atoms with Gasteiger partial charge in [-0.25, -0.2) is 5.43 Å². The highest BCUT2D eigenvalue weighted by Gasteiger charge is 2.17. The molecule has 0 aromatic heterocycles. The Bertz CT molecular complexity index is 139. The molecule has 12 heavy (non-hydrogen) atoms. The topological polar surface area (TPSA) is 73.4 Å². The summed E-state index contributed by atoms with van der Waals surface area (Å²) in [6.45, 7) is 1.65. The fourth-order valence-electron chi connectivity index (χ4n) is 0.921. The second-order valence-electron chi connectivity index (χ2n) is 2.65. The zero-order valence-corrected chi connectivity index (χ0v) is 7.72. The third-order valence-corrected chi connectivity index (χ3v) is 1.46. The average Bonchev–Trinajstić information content (AvgIpc) is 2.01. The van der Waals surface area contributed by atoms with Crippen LogP contribution in [0.3, 0.4) is 0 Å².